The van der Waals surface area contributed by atoms with Gasteiger partial charge in [0.15, 0.2) is 0 Å². The van der Waals surface area contributed by atoms with E-state index in [0.29, 0.717) is 0 Å². The Hall–Kier alpha value is -6.12. The molecule has 0 saturated carbocycles. The van der Waals surface area contributed by atoms with E-state index in [0.717, 1.165) is 0 Å². The Labute approximate surface area is 330 Å². The second-order valence-corrected chi connectivity index (χ2v) is 18.1. The van der Waals surface area contributed by atoms with E-state index >= 15 is 0 Å². The Balaban J connectivity index is 1.09. The summed E-state index contributed by atoms with van der Waals surface area (Å²) in [4.78, 5) is 2.50. The number of para-hydroxylation sites is 2. The van der Waals surface area contributed by atoms with Crippen molar-refractivity contribution in [3.63, 3.8) is 0 Å². The molecule has 0 saturated heterocycles. The van der Waals surface area contributed by atoms with Gasteiger partial charge in [0.05, 0.1) is 11.0 Å². The minimum atomic E-state index is 0.0340. The second kappa shape index (κ2) is 12.2. The van der Waals surface area contributed by atoms with E-state index in [2.05, 4.69) is 210 Å². The highest BCUT2D eigenvalue weighted by Crippen LogP contribution is 2.51. The molecule has 0 bridgehead atoms. The molecule has 0 spiro atoms. The lowest BCUT2D eigenvalue weighted by Crippen LogP contribution is -2.18. The molecule has 0 amide bonds. The maximum absolute atomic E-state index is 2.50. The van der Waals surface area contributed by atoms with Crippen LogP contribution in [-0.4, -0.2) is 4.57 Å². The van der Waals surface area contributed by atoms with Gasteiger partial charge in [0, 0.05) is 33.5 Å². The number of anilines is 3. The second-order valence-electron chi connectivity index (χ2n) is 18.1. The highest BCUT2D eigenvalue weighted by atomic mass is 15.1. The first kappa shape index (κ1) is 34.4. The highest BCUT2D eigenvalue weighted by Gasteiger charge is 2.26. The number of rotatable bonds is 4. The molecular weight excluding hydrogens is 677 g/mol. The van der Waals surface area contributed by atoms with Gasteiger partial charge >= 0.3 is 0 Å². The van der Waals surface area contributed by atoms with Gasteiger partial charge in [-0.3, -0.25) is 0 Å². The van der Waals surface area contributed by atoms with Gasteiger partial charge in [0.25, 0.3) is 0 Å². The average molecular weight is 725 g/mol. The highest BCUT2D eigenvalue weighted by molar-refractivity contribution is 6.13. The van der Waals surface area contributed by atoms with Crippen LogP contribution in [0, 0.1) is 13.8 Å². The Morgan fingerprint density at radius 3 is 1.36 bits per heavy atom. The number of hydrogen-bond acceptors (Lipinski definition) is 1. The van der Waals surface area contributed by atoms with E-state index < -0.39 is 0 Å². The van der Waals surface area contributed by atoms with Gasteiger partial charge in [-0.1, -0.05) is 114 Å². The molecule has 10 rings (SSSR count). The van der Waals surface area contributed by atoms with Gasteiger partial charge < -0.3 is 9.47 Å². The molecule has 1 aliphatic carbocycles. The summed E-state index contributed by atoms with van der Waals surface area (Å²) in [7, 11) is 0. The van der Waals surface area contributed by atoms with Gasteiger partial charge in [0.1, 0.15) is 0 Å². The third kappa shape index (κ3) is 5.38. The number of fused-ring (bicyclic) bond motifs is 9. The molecule has 0 unspecified atom stereocenters. The summed E-state index contributed by atoms with van der Waals surface area (Å²) >= 11 is 0. The predicted molar refractivity (Wildman–Crippen MR) is 242 cm³/mol. The summed E-state index contributed by atoms with van der Waals surface area (Å²) in [5, 5.41) is 7.62. The minimum absolute atomic E-state index is 0.0340. The molecule has 1 heterocycles. The zero-order valence-corrected chi connectivity index (χ0v) is 33.8. The van der Waals surface area contributed by atoms with Crippen LogP contribution in [0.25, 0.3) is 71.3 Å². The predicted octanol–water partition coefficient (Wildman–Crippen LogP) is 15.4. The summed E-state index contributed by atoms with van der Waals surface area (Å²) in [6.07, 6.45) is 0. The van der Waals surface area contributed by atoms with Gasteiger partial charge in [-0.05, 0) is 164 Å². The maximum Gasteiger partial charge on any atom is 0.0541 e. The van der Waals surface area contributed by atoms with E-state index in [9.17, 15) is 0 Å². The van der Waals surface area contributed by atoms with Crippen LogP contribution < -0.4 is 4.90 Å². The molecule has 0 radical (unpaired) electrons. The lowest BCUT2D eigenvalue weighted by molar-refractivity contribution is 0.590. The van der Waals surface area contributed by atoms with Crippen LogP contribution in [0.15, 0.2) is 146 Å². The number of aryl methyl sites for hydroxylation is 2. The van der Waals surface area contributed by atoms with Crippen LogP contribution in [0.5, 0.6) is 0 Å². The maximum atomic E-state index is 2.50. The van der Waals surface area contributed by atoms with Crippen LogP contribution in [0.2, 0.25) is 0 Å². The number of hydrogen-bond donors (Lipinski definition) is 0. The number of aromatic nitrogens is 1. The smallest absolute Gasteiger partial charge is 0.0541 e. The van der Waals surface area contributed by atoms with E-state index in [1.807, 2.05) is 0 Å². The zero-order valence-electron chi connectivity index (χ0n) is 33.8. The fourth-order valence-corrected chi connectivity index (χ4v) is 8.92. The number of benzene rings is 8. The normalized spacial score (nSPS) is 12.6. The van der Waals surface area contributed by atoms with Gasteiger partial charge in [-0.25, -0.2) is 0 Å². The van der Waals surface area contributed by atoms with Gasteiger partial charge in [-0.15, -0.1) is 0 Å². The van der Waals surface area contributed by atoms with Crippen LogP contribution in [0.3, 0.4) is 0 Å². The first-order chi connectivity index (χ1) is 26.8. The van der Waals surface area contributed by atoms with E-state index in [4.69, 9.17) is 0 Å². The lowest BCUT2D eigenvalue weighted by Gasteiger charge is -2.32. The minimum Gasteiger partial charge on any atom is -0.310 e. The van der Waals surface area contributed by atoms with Crippen LogP contribution >= 0.6 is 0 Å². The molecule has 0 aliphatic heterocycles. The fourth-order valence-electron chi connectivity index (χ4n) is 8.92. The van der Waals surface area contributed by atoms with Crippen molar-refractivity contribution >= 4 is 60.4 Å². The third-order valence-electron chi connectivity index (χ3n) is 12.2. The Morgan fingerprint density at radius 2 is 0.857 bits per heavy atom. The Kier molecular flexibility index (Phi) is 7.48. The largest absolute Gasteiger partial charge is 0.310 e. The van der Waals surface area contributed by atoms with Crippen LogP contribution in [0.4, 0.5) is 17.1 Å². The molecule has 0 atom stereocenters. The summed E-state index contributed by atoms with van der Waals surface area (Å²) in [6, 6.07) is 55.1. The SMILES string of the molecule is Cc1ccc(C(C)(C)C)cc1N(c1ccc2cc3c(cc2c1)-c1cc2ccc(-n4c5ccccc5c5ccccc54)cc2cc1-3)c1cc(C(C)(C)C)ccc1C. The van der Waals surface area contributed by atoms with Crippen molar-refractivity contribution in [1.29, 1.82) is 0 Å². The lowest BCUT2D eigenvalue weighted by atomic mass is 9.78. The van der Waals surface area contributed by atoms with Gasteiger partial charge in [-0.2, -0.15) is 0 Å². The third-order valence-corrected chi connectivity index (χ3v) is 12.2. The molecule has 2 nitrogen and oxygen atoms in total. The summed E-state index contributed by atoms with van der Waals surface area (Å²) in [5.41, 5.74) is 17.9. The Morgan fingerprint density at radius 1 is 0.411 bits per heavy atom. The molecule has 1 aliphatic rings. The van der Waals surface area contributed by atoms with Crippen molar-refractivity contribution in [2.75, 3.05) is 4.90 Å². The molecule has 9 aromatic rings. The molecule has 0 fully saturated rings. The van der Waals surface area contributed by atoms with Crippen molar-refractivity contribution in [3.05, 3.63) is 168 Å². The molecule has 56 heavy (non-hydrogen) atoms. The summed E-state index contributed by atoms with van der Waals surface area (Å²) in [5.74, 6) is 0. The van der Waals surface area contributed by atoms with E-state index in [1.165, 1.54) is 111 Å². The van der Waals surface area contributed by atoms with Crippen molar-refractivity contribution in [1.82, 2.24) is 4.57 Å². The zero-order chi connectivity index (χ0) is 38.7. The van der Waals surface area contributed by atoms with Crippen LogP contribution in [-0.2, 0) is 10.8 Å². The van der Waals surface area contributed by atoms with Gasteiger partial charge in [0.2, 0.25) is 0 Å². The van der Waals surface area contributed by atoms with E-state index in [1.54, 1.807) is 0 Å². The quantitative estimate of drug-likeness (QED) is 0.175. The van der Waals surface area contributed by atoms with Crippen molar-refractivity contribution < 1.29 is 0 Å². The molecule has 0 N–H and O–H groups in total. The fraction of sp³-hybridized carbons (Fsp3) is 0.185. The summed E-state index contributed by atoms with van der Waals surface area (Å²) < 4.78 is 2.41. The van der Waals surface area contributed by atoms with Crippen molar-refractivity contribution in [2.24, 2.45) is 0 Å². The molecular formula is C54H48N2. The monoisotopic (exact) mass is 724 g/mol. The molecule has 2 heteroatoms. The van der Waals surface area contributed by atoms with Crippen molar-refractivity contribution in [3.8, 4) is 27.9 Å². The topological polar surface area (TPSA) is 8.17 Å². The van der Waals surface area contributed by atoms with Crippen molar-refractivity contribution in [2.45, 2.75) is 66.2 Å². The number of nitrogens with zero attached hydrogens (tertiary/aromatic N) is 2. The van der Waals surface area contributed by atoms with E-state index in [-0.39, 0.29) is 10.8 Å². The molecule has 274 valence electrons. The Bertz CT molecular complexity index is 2950. The molecule has 8 aromatic carbocycles. The standard InChI is InChI=1S/C54H48N2/c1-33-17-21-39(53(3,4)5)31-51(33)56(52-32-40(54(6,7)8)22-18-34(52)2)42-24-20-36-28-46-47-29-37-25-41(23-19-35(37)27-45(47)48(46)30-38(36)26-42)55-49-15-11-9-13-43(49)44-14-10-12-16-50(44)55/h9-32H,1-8H3. The first-order valence-corrected chi connectivity index (χ1v) is 20.0. The average Bonchev–Trinajstić information content (AvgIpc) is 3.51. The molecule has 1 aromatic heterocycles. The first-order valence-electron chi connectivity index (χ1n) is 20.0. The van der Waals surface area contributed by atoms with Crippen LogP contribution in [0.1, 0.15) is 63.8 Å². The summed E-state index contributed by atoms with van der Waals surface area (Å²) in [6.45, 7) is 18.3.